The number of benzene rings is 2. The van der Waals surface area contributed by atoms with Crippen LogP contribution in [0, 0.1) is 0 Å². The third-order valence-corrected chi connectivity index (χ3v) is 8.26. The van der Waals surface area contributed by atoms with E-state index in [2.05, 4.69) is 4.90 Å². The Morgan fingerprint density at radius 3 is 2.59 bits per heavy atom. The monoisotopic (exact) mass is 586 g/mol. The summed E-state index contributed by atoms with van der Waals surface area (Å²) < 4.78 is 47.2. The van der Waals surface area contributed by atoms with Crippen LogP contribution in [-0.2, 0) is 22.3 Å². The van der Waals surface area contributed by atoms with Gasteiger partial charge in [-0.3, -0.25) is 9.59 Å². The van der Waals surface area contributed by atoms with Crippen LogP contribution in [0.2, 0.25) is 0 Å². The molecule has 0 N–H and O–H groups in total. The molecule has 2 amide bonds. The van der Waals surface area contributed by atoms with Crippen LogP contribution in [0.3, 0.4) is 0 Å². The lowest BCUT2D eigenvalue weighted by Crippen LogP contribution is -2.39. The van der Waals surface area contributed by atoms with Gasteiger partial charge in [0.05, 0.1) is 29.9 Å². The van der Waals surface area contributed by atoms with E-state index >= 15 is 0 Å². The number of fused-ring (bicyclic) bond motifs is 1. The Morgan fingerprint density at radius 2 is 1.88 bits per heavy atom. The normalized spacial score (nSPS) is 16.0. The maximum absolute atomic E-state index is 13.9. The number of pyridine rings is 1. The summed E-state index contributed by atoms with van der Waals surface area (Å²) >= 11 is 1.62. The molecule has 2 aliphatic heterocycles. The number of amides is 2. The molecular formula is C30H33F3N4O3S. The molecule has 1 aromatic heterocycles. The molecule has 0 atom stereocenters. The van der Waals surface area contributed by atoms with Crippen molar-refractivity contribution in [3.05, 3.63) is 65.2 Å². The van der Waals surface area contributed by atoms with Gasteiger partial charge >= 0.3 is 6.18 Å². The van der Waals surface area contributed by atoms with Crippen molar-refractivity contribution < 1.29 is 27.5 Å². The van der Waals surface area contributed by atoms with Crippen LogP contribution in [0.15, 0.2) is 53.4 Å². The largest absolute Gasteiger partial charge is 0.417 e. The molecule has 0 unspecified atom stereocenters. The van der Waals surface area contributed by atoms with Crippen molar-refractivity contribution in [2.24, 2.45) is 0 Å². The lowest BCUT2D eigenvalue weighted by Gasteiger charge is -2.32. The molecule has 0 spiro atoms. The number of hydrogen-bond acceptors (Lipinski definition) is 6. The zero-order valence-corrected chi connectivity index (χ0v) is 23.8. The second kappa shape index (κ2) is 12.7. The van der Waals surface area contributed by atoms with Gasteiger partial charge in [0.25, 0.3) is 5.91 Å². The third kappa shape index (κ3) is 6.78. The first kappa shape index (κ1) is 29.2. The SMILES string of the molecule is CSc1ccc2cc(CN(CCCN3CCCC3=O)C(=O)c3ccccc3C(F)(F)F)c(N3CCOCC3)nc2c1. The Kier molecular flexibility index (Phi) is 9.03. The maximum atomic E-state index is 13.9. The lowest BCUT2D eigenvalue weighted by atomic mass is 10.0. The molecule has 0 aliphatic carbocycles. The number of alkyl halides is 3. The van der Waals surface area contributed by atoms with Gasteiger partial charge in [-0.2, -0.15) is 13.2 Å². The van der Waals surface area contributed by atoms with E-state index in [0.29, 0.717) is 58.1 Å². The molecule has 0 radical (unpaired) electrons. The molecule has 218 valence electrons. The number of rotatable bonds is 9. The fourth-order valence-corrected chi connectivity index (χ4v) is 5.84. The quantitative estimate of drug-likeness (QED) is 0.310. The highest BCUT2D eigenvalue weighted by atomic mass is 32.2. The van der Waals surface area contributed by atoms with Gasteiger partial charge < -0.3 is 19.4 Å². The molecule has 0 saturated carbocycles. The molecular weight excluding hydrogens is 553 g/mol. The first-order valence-electron chi connectivity index (χ1n) is 13.8. The van der Waals surface area contributed by atoms with Gasteiger partial charge in [0.1, 0.15) is 5.82 Å². The molecule has 2 aromatic carbocycles. The predicted molar refractivity (Wildman–Crippen MR) is 153 cm³/mol. The fraction of sp³-hybridized carbons (Fsp3) is 0.433. The number of carbonyl (C=O) groups excluding carboxylic acids is 2. The smallest absolute Gasteiger partial charge is 0.378 e. The van der Waals surface area contributed by atoms with Crippen molar-refractivity contribution >= 4 is 40.3 Å². The van der Waals surface area contributed by atoms with E-state index in [4.69, 9.17) is 9.72 Å². The molecule has 2 aliphatic rings. The van der Waals surface area contributed by atoms with Crippen LogP contribution < -0.4 is 4.90 Å². The standard InChI is InChI=1S/C30H33F3N4O3S/c1-41-23-10-9-21-18-22(28(34-26(21)19-23)36-14-16-40-17-15-36)20-37(13-5-12-35-11-4-8-27(35)38)29(39)24-6-2-3-7-25(24)30(31,32)33/h2-3,6-7,9-10,18-19H,4-5,8,11-17,20H2,1H3. The van der Waals surface area contributed by atoms with Crippen molar-refractivity contribution in [2.75, 3.05) is 57.1 Å². The highest BCUT2D eigenvalue weighted by Crippen LogP contribution is 2.34. The van der Waals surface area contributed by atoms with Crippen LogP contribution in [0.25, 0.3) is 10.9 Å². The van der Waals surface area contributed by atoms with E-state index in [1.165, 1.54) is 23.1 Å². The number of carbonyl (C=O) groups is 2. The minimum absolute atomic E-state index is 0.0724. The second-order valence-corrected chi connectivity index (χ2v) is 11.1. The Labute approximate surface area is 241 Å². The first-order chi connectivity index (χ1) is 19.7. The van der Waals surface area contributed by atoms with Crippen LogP contribution >= 0.6 is 11.8 Å². The molecule has 5 rings (SSSR count). The van der Waals surface area contributed by atoms with Crippen molar-refractivity contribution in [2.45, 2.75) is 36.9 Å². The van der Waals surface area contributed by atoms with Gasteiger partial charge in [-0.25, -0.2) is 4.98 Å². The molecule has 0 bridgehead atoms. The van der Waals surface area contributed by atoms with Crippen molar-refractivity contribution in [1.29, 1.82) is 0 Å². The Bertz CT molecular complexity index is 1410. The van der Waals surface area contributed by atoms with Gasteiger partial charge in [-0.05, 0) is 49.4 Å². The third-order valence-electron chi connectivity index (χ3n) is 7.53. The number of nitrogens with zero attached hydrogens (tertiary/aromatic N) is 4. The summed E-state index contributed by atoms with van der Waals surface area (Å²) in [6, 6.07) is 12.9. The Balaban J connectivity index is 1.51. The number of halogens is 3. The number of hydrogen-bond donors (Lipinski definition) is 0. The van der Waals surface area contributed by atoms with Crippen LogP contribution in [-0.4, -0.2) is 78.8 Å². The van der Waals surface area contributed by atoms with Gasteiger partial charge in [0, 0.05) is 61.5 Å². The fourth-order valence-electron chi connectivity index (χ4n) is 5.41. The van der Waals surface area contributed by atoms with E-state index in [-0.39, 0.29) is 24.6 Å². The zero-order chi connectivity index (χ0) is 29.0. The number of ether oxygens (including phenoxy) is 1. The highest BCUT2D eigenvalue weighted by molar-refractivity contribution is 7.98. The maximum Gasteiger partial charge on any atom is 0.417 e. The van der Waals surface area contributed by atoms with E-state index in [1.807, 2.05) is 30.5 Å². The molecule has 2 saturated heterocycles. The van der Waals surface area contributed by atoms with Crippen molar-refractivity contribution in [3.63, 3.8) is 0 Å². The summed E-state index contributed by atoms with van der Waals surface area (Å²) in [7, 11) is 0. The summed E-state index contributed by atoms with van der Waals surface area (Å²) in [6.45, 7) is 3.71. The van der Waals surface area contributed by atoms with Gasteiger partial charge in [0.2, 0.25) is 5.91 Å². The van der Waals surface area contributed by atoms with E-state index < -0.39 is 17.6 Å². The van der Waals surface area contributed by atoms with Crippen molar-refractivity contribution in [1.82, 2.24) is 14.8 Å². The number of morpholine rings is 1. The van der Waals surface area contributed by atoms with Crippen molar-refractivity contribution in [3.8, 4) is 0 Å². The summed E-state index contributed by atoms with van der Waals surface area (Å²) in [5, 5.41) is 0.889. The topological polar surface area (TPSA) is 66.0 Å². The minimum atomic E-state index is -4.67. The Hall–Kier alpha value is -3.31. The zero-order valence-electron chi connectivity index (χ0n) is 23.0. The number of likely N-dealkylation sites (tertiary alicyclic amines) is 1. The molecule has 11 heteroatoms. The number of aromatic nitrogens is 1. The summed E-state index contributed by atoms with van der Waals surface area (Å²) in [5.41, 5.74) is 0.226. The minimum Gasteiger partial charge on any atom is -0.378 e. The van der Waals surface area contributed by atoms with Crippen LogP contribution in [0.4, 0.5) is 19.0 Å². The molecule has 41 heavy (non-hydrogen) atoms. The first-order valence-corrected chi connectivity index (χ1v) is 15.0. The van der Waals surface area contributed by atoms with E-state index in [1.54, 1.807) is 16.7 Å². The van der Waals surface area contributed by atoms with Crippen LogP contribution in [0.5, 0.6) is 0 Å². The molecule has 7 nitrogen and oxygen atoms in total. The summed E-state index contributed by atoms with van der Waals surface area (Å²) in [6.07, 6.45) is -0.915. The molecule has 3 heterocycles. The highest BCUT2D eigenvalue weighted by Gasteiger charge is 2.36. The number of anilines is 1. The van der Waals surface area contributed by atoms with E-state index in [0.717, 1.165) is 33.8 Å². The summed E-state index contributed by atoms with van der Waals surface area (Å²) in [4.78, 5) is 37.4. The number of thioether (sulfide) groups is 1. The second-order valence-electron chi connectivity index (χ2n) is 10.2. The Morgan fingerprint density at radius 1 is 1.10 bits per heavy atom. The van der Waals surface area contributed by atoms with Crippen LogP contribution in [0.1, 0.15) is 40.7 Å². The lowest BCUT2D eigenvalue weighted by molar-refractivity contribution is -0.138. The summed E-state index contributed by atoms with van der Waals surface area (Å²) in [5.74, 6) is 0.0790. The average Bonchev–Trinajstić information content (AvgIpc) is 3.39. The average molecular weight is 587 g/mol. The van der Waals surface area contributed by atoms with E-state index in [9.17, 15) is 22.8 Å². The van der Waals surface area contributed by atoms with Gasteiger partial charge in [-0.15, -0.1) is 11.8 Å². The van der Waals surface area contributed by atoms with Gasteiger partial charge in [0.15, 0.2) is 0 Å². The predicted octanol–water partition coefficient (Wildman–Crippen LogP) is 5.47. The molecule has 3 aromatic rings. The molecule has 2 fully saturated rings. The van der Waals surface area contributed by atoms with Gasteiger partial charge in [-0.1, -0.05) is 18.2 Å².